The first kappa shape index (κ1) is 12.8. The molecule has 1 unspecified atom stereocenters. The summed E-state index contributed by atoms with van der Waals surface area (Å²) >= 11 is 0. The molecule has 0 amide bonds. The first-order valence-corrected chi connectivity index (χ1v) is 6.21. The van der Waals surface area contributed by atoms with Crippen LogP contribution in [0.1, 0.15) is 35.5 Å². The SMILES string of the molecule is Cc1ccc(C(C)NCc2ncn(C)n2)cc1C. The summed E-state index contributed by atoms with van der Waals surface area (Å²) in [5.41, 5.74) is 3.96. The van der Waals surface area contributed by atoms with Gasteiger partial charge in [-0.1, -0.05) is 18.2 Å². The molecule has 0 saturated carbocycles. The third-order valence-corrected chi connectivity index (χ3v) is 3.24. The van der Waals surface area contributed by atoms with Crippen molar-refractivity contribution in [3.63, 3.8) is 0 Å². The van der Waals surface area contributed by atoms with Crippen LogP contribution in [-0.4, -0.2) is 14.8 Å². The number of benzene rings is 1. The van der Waals surface area contributed by atoms with Crippen molar-refractivity contribution >= 4 is 0 Å². The zero-order valence-electron chi connectivity index (χ0n) is 11.4. The van der Waals surface area contributed by atoms with Crippen LogP contribution < -0.4 is 5.32 Å². The van der Waals surface area contributed by atoms with E-state index in [0.717, 1.165) is 5.82 Å². The predicted octanol–water partition coefficient (Wildman–Crippen LogP) is 2.28. The average molecular weight is 244 g/mol. The van der Waals surface area contributed by atoms with Gasteiger partial charge in [-0.15, -0.1) is 0 Å². The lowest BCUT2D eigenvalue weighted by Gasteiger charge is -2.14. The van der Waals surface area contributed by atoms with Crippen LogP contribution in [0.4, 0.5) is 0 Å². The Balaban J connectivity index is 1.99. The zero-order valence-corrected chi connectivity index (χ0v) is 11.4. The van der Waals surface area contributed by atoms with Crippen molar-refractivity contribution in [2.75, 3.05) is 0 Å². The Morgan fingerprint density at radius 2 is 2.06 bits per heavy atom. The normalized spacial score (nSPS) is 12.7. The van der Waals surface area contributed by atoms with Crippen LogP contribution in [0.5, 0.6) is 0 Å². The number of aryl methyl sites for hydroxylation is 3. The molecule has 1 heterocycles. The molecule has 18 heavy (non-hydrogen) atoms. The minimum atomic E-state index is 0.299. The first-order chi connectivity index (χ1) is 8.56. The lowest BCUT2D eigenvalue weighted by Crippen LogP contribution is -2.19. The summed E-state index contributed by atoms with van der Waals surface area (Å²) in [6.45, 7) is 7.13. The van der Waals surface area contributed by atoms with E-state index in [2.05, 4.69) is 54.4 Å². The van der Waals surface area contributed by atoms with E-state index in [4.69, 9.17) is 0 Å². The molecule has 1 aromatic carbocycles. The van der Waals surface area contributed by atoms with Crippen LogP contribution in [0.2, 0.25) is 0 Å². The molecule has 0 aliphatic carbocycles. The summed E-state index contributed by atoms with van der Waals surface area (Å²) in [5, 5.41) is 7.69. The summed E-state index contributed by atoms with van der Waals surface area (Å²) in [6, 6.07) is 6.88. The van der Waals surface area contributed by atoms with E-state index in [-0.39, 0.29) is 0 Å². The van der Waals surface area contributed by atoms with Crippen molar-refractivity contribution in [1.82, 2.24) is 20.1 Å². The molecule has 0 bridgehead atoms. The fourth-order valence-electron chi connectivity index (χ4n) is 1.86. The fourth-order valence-corrected chi connectivity index (χ4v) is 1.86. The molecule has 1 N–H and O–H groups in total. The highest BCUT2D eigenvalue weighted by Crippen LogP contribution is 2.16. The van der Waals surface area contributed by atoms with Crippen molar-refractivity contribution in [2.24, 2.45) is 7.05 Å². The van der Waals surface area contributed by atoms with Crippen molar-refractivity contribution in [3.05, 3.63) is 47.0 Å². The van der Waals surface area contributed by atoms with Crippen LogP contribution in [0.15, 0.2) is 24.5 Å². The van der Waals surface area contributed by atoms with Gasteiger partial charge in [-0.2, -0.15) is 5.10 Å². The third-order valence-electron chi connectivity index (χ3n) is 3.24. The van der Waals surface area contributed by atoms with Gasteiger partial charge in [0.05, 0.1) is 6.54 Å². The second-order valence-corrected chi connectivity index (χ2v) is 4.78. The number of rotatable bonds is 4. The minimum Gasteiger partial charge on any atom is -0.303 e. The van der Waals surface area contributed by atoms with Gasteiger partial charge in [0.15, 0.2) is 5.82 Å². The molecule has 0 saturated heterocycles. The maximum absolute atomic E-state index is 4.25. The van der Waals surface area contributed by atoms with Crippen LogP contribution in [0.25, 0.3) is 0 Å². The highest BCUT2D eigenvalue weighted by molar-refractivity contribution is 5.31. The number of aromatic nitrogens is 3. The number of hydrogen-bond acceptors (Lipinski definition) is 3. The zero-order chi connectivity index (χ0) is 13.1. The maximum atomic E-state index is 4.25. The topological polar surface area (TPSA) is 42.7 Å². The Kier molecular flexibility index (Phi) is 3.77. The third kappa shape index (κ3) is 2.96. The highest BCUT2D eigenvalue weighted by Gasteiger charge is 2.07. The van der Waals surface area contributed by atoms with E-state index in [1.54, 1.807) is 11.0 Å². The standard InChI is InChI=1S/C14H20N4/c1-10-5-6-13(7-11(10)2)12(3)15-8-14-16-9-18(4)17-14/h5-7,9,12,15H,8H2,1-4H3. The van der Waals surface area contributed by atoms with Gasteiger partial charge in [-0.25, -0.2) is 4.98 Å². The Morgan fingerprint density at radius 1 is 1.28 bits per heavy atom. The average Bonchev–Trinajstić information content (AvgIpc) is 2.75. The number of nitrogens with one attached hydrogen (secondary N) is 1. The summed E-state index contributed by atoms with van der Waals surface area (Å²) in [4.78, 5) is 4.20. The predicted molar refractivity (Wildman–Crippen MR) is 72.2 cm³/mol. The molecule has 0 spiro atoms. The van der Waals surface area contributed by atoms with Gasteiger partial charge in [0.25, 0.3) is 0 Å². The van der Waals surface area contributed by atoms with Crippen LogP contribution in [0.3, 0.4) is 0 Å². The molecule has 2 rings (SSSR count). The van der Waals surface area contributed by atoms with Crippen LogP contribution >= 0.6 is 0 Å². The molecule has 4 nitrogen and oxygen atoms in total. The second kappa shape index (κ2) is 5.31. The summed E-state index contributed by atoms with van der Waals surface area (Å²) in [6.07, 6.45) is 1.72. The molecule has 96 valence electrons. The van der Waals surface area contributed by atoms with E-state index >= 15 is 0 Å². The highest BCUT2D eigenvalue weighted by atomic mass is 15.3. The fraction of sp³-hybridized carbons (Fsp3) is 0.429. The second-order valence-electron chi connectivity index (χ2n) is 4.78. The van der Waals surface area contributed by atoms with Gasteiger partial charge in [0.2, 0.25) is 0 Å². The maximum Gasteiger partial charge on any atom is 0.164 e. The van der Waals surface area contributed by atoms with Crippen LogP contribution in [-0.2, 0) is 13.6 Å². The number of hydrogen-bond donors (Lipinski definition) is 1. The van der Waals surface area contributed by atoms with Gasteiger partial charge in [0.1, 0.15) is 6.33 Å². The molecule has 1 aromatic heterocycles. The van der Waals surface area contributed by atoms with Gasteiger partial charge in [-0.3, -0.25) is 4.68 Å². The van der Waals surface area contributed by atoms with Gasteiger partial charge in [0, 0.05) is 13.1 Å². The Bertz CT molecular complexity index is 530. The molecular formula is C14H20N4. The van der Waals surface area contributed by atoms with E-state index < -0.39 is 0 Å². The number of nitrogens with zero attached hydrogens (tertiary/aromatic N) is 3. The molecule has 0 aliphatic rings. The van der Waals surface area contributed by atoms with E-state index in [0.29, 0.717) is 12.6 Å². The van der Waals surface area contributed by atoms with Crippen molar-refractivity contribution in [3.8, 4) is 0 Å². The summed E-state index contributed by atoms with van der Waals surface area (Å²) in [5.74, 6) is 0.827. The Hall–Kier alpha value is -1.68. The Labute approximate surface area is 108 Å². The Morgan fingerprint density at radius 3 is 2.67 bits per heavy atom. The molecule has 4 heteroatoms. The smallest absolute Gasteiger partial charge is 0.164 e. The van der Waals surface area contributed by atoms with Gasteiger partial charge in [-0.05, 0) is 37.5 Å². The monoisotopic (exact) mass is 244 g/mol. The quantitative estimate of drug-likeness (QED) is 0.897. The van der Waals surface area contributed by atoms with Gasteiger partial charge >= 0.3 is 0 Å². The molecule has 0 radical (unpaired) electrons. The summed E-state index contributed by atoms with van der Waals surface area (Å²) < 4.78 is 1.72. The summed E-state index contributed by atoms with van der Waals surface area (Å²) in [7, 11) is 1.88. The lowest BCUT2D eigenvalue weighted by atomic mass is 10.0. The molecule has 0 aliphatic heterocycles. The lowest BCUT2D eigenvalue weighted by molar-refractivity contribution is 0.556. The van der Waals surface area contributed by atoms with E-state index in [1.807, 2.05) is 7.05 Å². The molecule has 2 aromatic rings. The molecule has 0 fully saturated rings. The first-order valence-electron chi connectivity index (χ1n) is 6.21. The van der Waals surface area contributed by atoms with E-state index in [1.165, 1.54) is 16.7 Å². The van der Waals surface area contributed by atoms with Crippen molar-refractivity contribution in [1.29, 1.82) is 0 Å². The van der Waals surface area contributed by atoms with Crippen molar-refractivity contribution < 1.29 is 0 Å². The molecular weight excluding hydrogens is 224 g/mol. The van der Waals surface area contributed by atoms with E-state index in [9.17, 15) is 0 Å². The van der Waals surface area contributed by atoms with Crippen LogP contribution in [0, 0.1) is 13.8 Å². The van der Waals surface area contributed by atoms with Crippen molar-refractivity contribution in [2.45, 2.75) is 33.4 Å². The van der Waals surface area contributed by atoms with Gasteiger partial charge < -0.3 is 5.32 Å². The molecule has 1 atom stereocenters. The minimum absolute atomic E-state index is 0.299. The largest absolute Gasteiger partial charge is 0.303 e.